The quantitative estimate of drug-likeness (QED) is 0.146. The van der Waals surface area contributed by atoms with Crippen LogP contribution in [-0.2, 0) is 0 Å². The first-order chi connectivity index (χ1) is 30.8. The molecule has 0 amide bonds. The molecule has 0 unspecified atom stereocenters. The highest BCUT2D eigenvalue weighted by Crippen LogP contribution is 2.47. The molecule has 11 aromatic carbocycles. The van der Waals surface area contributed by atoms with Crippen LogP contribution in [0.2, 0.25) is 0 Å². The van der Waals surface area contributed by atoms with E-state index in [-0.39, 0.29) is 0 Å². The maximum absolute atomic E-state index is 2.47. The first-order valence-corrected chi connectivity index (χ1v) is 21.3. The van der Waals surface area contributed by atoms with Crippen LogP contribution in [0.15, 0.2) is 243 Å². The summed E-state index contributed by atoms with van der Waals surface area (Å²) in [6.45, 7) is 0. The Labute approximate surface area is 360 Å². The Bertz CT molecular complexity index is 3630. The van der Waals surface area contributed by atoms with Crippen LogP contribution in [-0.4, -0.2) is 4.57 Å². The van der Waals surface area contributed by atoms with Crippen LogP contribution in [0.1, 0.15) is 0 Å². The van der Waals surface area contributed by atoms with Gasteiger partial charge in [0.05, 0.1) is 16.7 Å². The van der Waals surface area contributed by atoms with Crippen molar-refractivity contribution in [1.82, 2.24) is 4.57 Å². The van der Waals surface area contributed by atoms with Crippen molar-refractivity contribution >= 4 is 71.2 Å². The number of aromatic nitrogens is 1. The zero-order valence-electron chi connectivity index (χ0n) is 34.0. The van der Waals surface area contributed by atoms with Crippen LogP contribution in [0.5, 0.6) is 0 Å². The summed E-state index contributed by atoms with van der Waals surface area (Å²) >= 11 is 0. The summed E-state index contributed by atoms with van der Waals surface area (Å²) in [5, 5.41) is 9.91. The minimum Gasteiger partial charge on any atom is -0.310 e. The summed E-state index contributed by atoms with van der Waals surface area (Å²) in [5.41, 5.74) is 14.0. The summed E-state index contributed by atoms with van der Waals surface area (Å²) < 4.78 is 2.39. The molecule has 0 fully saturated rings. The Morgan fingerprint density at radius 3 is 1.76 bits per heavy atom. The van der Waals surface area contributed by atoms with Gasteiger partial charge in [-0.05, 0) is 115 Å². The molecule has 1 heterocycles. The zero-order valence-corrected chi connectivity index (χ0v) is 34.0. The van der Waals surface area contributed by atoms with E-state index < -0.39 is 0 Å². The Kier molecular flexibility index (Phi) is 8.53. The molecule has 0 aliphatic carbocycles. The number of rotatable bonds is 7. The monoisotopic (exact) mass is 788 g/mol. The van der Waals surface area contributed by atoms with Crippen LogP contribution < -0.4 is 4.90 Å². The summed E-state index contributed by atoms with van der Waals surface area (Å²) in [6.07, 6.45) is 0. The van der Waals surface area contributed by atoms with Gasteiger partial charge >= 0.3 is 0 Å². The molecule has 0 atom stereocenters. The van der Waals surface area contributed by atoms with E-state index in [4.69, 9.17) is 0 Å². The second-order valence-electron chi connectivity index (χ2n) is 16.1. The van der Waals surface area contributed by atoms with Gasteiger partial charge < -0.3 is 9.47 Å². The van der Waals surface area contributed by atoms with Crippen molar-refractivity contribution in [2.75, 3.05) is 4.90 Å². The van der Waals surface area contributed by atoms with Crippen LogP contribution in [0.3, 0.4) is 0 Å². The fourth-order valence-corrected chi connectivity index (χ4v) is 9.81. The van der Waals surface area contributed by atoms with Crippen molar-refractivity contribution in [1.29, 1.82) is 0 Å². The first-order valence-electron chi connectivity index (χ1n) is 21.3. The second kappa shape index (κ2) is 14.8. The molecule has 0 aliphatic rings. The number of para-hydroxylation sites is 3. The van der Waals surface area contributed by atoms with E-state index in [9.17, 15) is 0 Å². The SMILES string of the molecule is c1ccc(-c2cccc3cccc(-c4ccccc4N(c4cccc(-c5cccc6c5ccc5ccccc56)c4)c4ccc5c(c4)c4ccccc4n5-c4ccccc4)c23)cc1. The topological polar surface area (TPSA) is 8.17 Å². The molecule has 2 nitrogen and oxygen atoms in total. The number of hydrogen-bond donors (Lipinski definition) is 0. The largest absolute Gasteiger partial charge is 0.310 e. The number of nitrogens with zero attached hydrogens (tertiary/aromatic N) is 2. The van der Waals surface area contributed by atoms with Gasteiger partial charge in [0, 0.05) is 33.4 Å². The molecule has 0 saturated carbocycles. The Balaban J connectivity index is 1.12. The average molecular weight is 789 g/mol. The smallest absolute Gasteiger partial charge is 0.0542 e. The van der Waals surface area contributed by atoms with Gasteiger partial charge in [-0.2, -0.15) is 0 Å². The molecule has 12 rings (SSSR count). The number of anilines is 3. The summed E-state index contributed by atoms with van der Waals surface area (Å²) in [6, 6.07) is 88.6. The van der Waals surface area contributed by atoms with Crippen LogP contribution >= 0.6 is 0 Å². The fourth-order valence-electron chi connectivity index (χ4n) is 9.81. The zero-order chi connectivity index (χ0) is 41.0. The predicted octanol–water partition coefficient (Wildman–Crippen LogP) is 16.7. The molecule has 62 heavy (non-hydrogen) atoms. The fraction of sp³-hybridized carbons (Fsp3) is 0. The van der Waals surface area contributed by atoms with Crippen molar-refractivity contribution in [3.8, 4) is 39.1 Å². The Morgan fingerprint density at radius 1 is 0.290 bits per heavy atom. The number of benzene rings is 11. The van der Waals surface area contributed by atoms with Gasteiger partial charge in [0.15, 0.2) is 0 Å². The molecule has 0 radical (unpaired) electrons. The van der Waals surface area contributed by atoms with Crippen LogP contribution in [0.4, 0.5) is 17.1 Å². The lowest BCUT2D eigenvalue weighted by Crippen LogP contribution is -2.11. The van der Waals surface area contributed by atoms with Gasteiger partial charge in [-0.15, -0.1) is 0 Å². The lowest BCUT2D eigenvalue weighted by molar-refractivity contribution is 1.18. The van der Waals surface area contributed by atoms with Gasteiger partial charge in [-0.3, -0.25) is 0 Å². The summed E-state index contributed by atoms with van der Waals surface area (Å²) in [7, 11) is 0. The lowest BCUT2D eigenvalue weighted by Gasteiger charge is -2.29. The molecule has 1 aromatic heterocycles. The van der Waals surface area contributed by atoms with E-state index in [0.717, 1.165) is 28.3 Å². The maximum Gasteiger partial charge on any atom is 0.0542 e. The maximum atomic E-state index is 2.47. The molecule has 290 valence electrons. The molecule has 0 bridgehead atoms. The Hall–Kier alpha value is -8.20. The van der Waals surface area contributed by atoms with E-state index in [1.165, 1.54) is 81.9 Å². The van der Waals surface area contributed by atoms with Crippen LogP contribution in [0.25, 0.3) is 93.2 Å². The third-order valence-corrected chi connectivity index (χ3v) is 12.6. The van der Waals surface area contributed by atoms with E-state index in [2.05, 4.69) is 252 Å². The number of fused-ring (bicyclic) bond motifs is 7. The average Bonchev–Trinajstić information content (AvgIpc) is 3.68. The van der Waals surface area contributed by atoms with Crippen LogP contribution in [0, 0.1) is 0 Å². The minimum atomic E-state index is 1.09. The van der Waals surface area contributed by atoms with Crippen molar-refractivity contribution in [3.63, 3.8) is 0 Å². The van der Waals surface area contributed by atoms with Gasteiger partial charge in [-0.1, -0.05) is 188 Å². The van der Waals surface area contributed by atoms with Gasteiger partial charge in [0.25, 0.3) is 0 Å². The van der Waals surface area contributed by atoms with E-state index in [0.29, 0.717) is 0 Å². The van der Waals surface area contributed by atoms with Crippen molar-refractivity contribution in [2.24, 2.45) is 0 Å². The molecule has 0 spiro atoms. The molecule has 0 aliphatic heterocycles. The highest BCUT2D eigenvalue weighted by atomic mass is 15.1. The second-order valence-corrected chi connectivity index (χ2v) is 16.1. The minimum absolute atomic E-state index is 1.09. The normalized spacial score (nSPS) is 11.5. The van der Waals surface area contributed by atoms with Gasteiger partial charge in [0.2, 0.25) is 0 Å². The summed E-state index contributed by atoms with van der Waals surface area (Å²) in [4.78, 5) is 2.47. The highest BCUT2D eigenvalue weighted by Gasteiger charge is 2.22. The predicted molar refractivity (Wildman–Crippen MR) is 264 cm³/mol. The van der Waals surface area contributed by atoms with E-state index >= 15 is 0 Å². The Morgan fingerprint density at radius 2 is 0.887 bits per heavy atom. The summed E-state index contributed by atoms with van der Waals surface area (Å²) in [5.74, 6) is 0. The highest BCUT2D eigenvalue weighted by molar-refractivity contribution is 6.14. The molecule has 12 aromatic rings. The molecular formula is C60H40N2. The van der Waals surface area contributed by atoms with E-state index in [1.54, 1.807) is 0 Å². The van der Waals surface area contributed by atoms with Gasteiger partial charge in [0.1, 0.15) is 0 Å². The van der Waals surface area contributed by atoms with E-state index in [1.807, 2.05) is 0 Å². The molecule has 0 N–H and O–H groups in total. The van der Waals surface area contributed by atoms with Crippen molar-refractivity contribution < 1.29 is 0 Å². The molecular weight excluding hydrogens is 749 g/mol. The number of hydrogen-bond acceptors (Lipinski definition) is 1. The van der Waals surface area contributed by atoms with Gasteiger partial charge in [-0.25, -0.2) is 0 Å². The first kappa shape index (κ1) is 35.7. The molecule has 0 saturated heterocycles. The molecule has 2 heteroatoms. The third kappa shape index (κ3) is 5.88. The van der Waals surface area contributed by atoms with Crippen molar-refractivity contribution in [3.05, 3.63) is 243 Å². The standard InChI is InChI=1S/C60H40N2/c1-3-17-41(18-4-1)50-30-14-20-43-21-15-32-55(60(43)50)53-27-9-11-33-57(53)61(47-36-38-59-56(40-47)54-28-10-12-34-58(54)62(59)45-23-5-2-6-24-45)46-25-13-22-44(39-46)49-29-16-31-51-48-26-8-7-19-42(48)35-37-52(49)51/h1-40H. The van der Waals surface area contributed by atoms with Crippen molar-refractivity contribution in [2.45, 2.75) is 0 Å². The lowest BCUT2D eigenvalue weighted by atomic mass is 9.90. The third-order valence-electron chi connectivity index (χ3n) is 12.6.